The highest BCUT2D eigenvalue weighted by Crippen LogP contribution is 2.13. The van der Waals surface area contributed by atoms with Crippen molar-refractivity contribution in [2.24, 2.45) is 4.99 Å². The van der Waals surface area contributed by atoms with E-state index in [4.69, 9.17) is 4.42 Å². The number of hydrogen-bond donors (Lipinski definition) is 2. The van der Waals surface area contributed by atoms with E-state index in [-0.39, 0.29) is 24.0 Å². The maximum absolute atomic E-state index is 5.28. The molecule has 0 atom stereocenters. The van der Waals surface area contributed by atoms with Crippen LogP contribution in [0.3, 0.4) is 0 Å². The first-order chi connectivity index (χ1) is 10.2. The quantitative estimate of drug-likeness (QED) is 0.446. The molecule has 0 saturated carbocycles. The van der Waals surface area contributed by atoms with Crippen molar-refractivity contribution in [2.45, 2.75) is 13.1 Å². The number of guanidine groups is 1. The summed E-state index contributed by atoms with van der Waals surface area (Å²) in [4.78, 5) is 10.6. The van der Waals surface area contributed by atoms with Crippen LogP contribution in [0.1, 0.15) is 11.3 Å². The van der Waals surface area contributed by atoms with Gasteiger partial charge >= 0.3 is 0 Å². The van der Waals surface area contributed by atoms with E-state index >= 15 is 0 Å². The van der Waals surface area contributed by atoms with Gasteiger partial charge in [0.1, 0.15) is 11.6 Å². The van der Waals surface area contributed by atoms with Gasteiger partial charge in [-0.05, 0) is 18.2 Å². The van der Waals surface area contributed by atoms with E-state index in [0.717, 1.165) is 23.1 Å². The van der Waals surface area contributed by atoms with E-state index in [0.29, 0.717) is 13.1 Å². The minimum Gasteiger partial charge on any atom is -0.467 e. The average molecular weight is 415 g/mol. The summed E-state index contributed by atoms with van der Waals surface area (Å²) in [5, 5.41) is 6.48. The van der Waals surface area contributed by atoms with Crippen LogP contribution >= 0.6 is 24.0 Å². The molecule has 2 N–H and O–H groups in total. The van der Waals surface area contributed by atoms with E-state index in [9.17, 15) is 0 Å². The summed E-state index contributed by atoms with van der Waals surface area (Å²) in [6.45, 7) is 1.25. The molecule has 0 spiro atoms. The fourth-order valence-electron chi connectivity index (χ4n) is 1.95. The number of aliphatic imine (C=N–C) groups is 1. The third-order valence-corrected chi connectivity index (χ3v) is 2.97. The molecule has 0 fully saturated rings. The summed E-state index contributed by atoms with van der Waals surface area (Å²) in [5.74, 6) is 2.54. The fraction of sp³-hybridized carbons (Fsp3) is 0.333. The number of rotatable bonds is 5. The van der Waals surface area contributed by atoms with Crippen LogP contribution < -0.4 is 15.5 Å². The first kappa shape index (κ1) is 18.3. The molecule has 0 amide bonds. The van der Waals surface area contributed by atoms with Crippen LogP contribution in [-0.2, 0) is 13.1 Å². The van der Waals surface area contributed by atoms with E-state index in [1.807, 2.05) is 37.2 Å². The second-order valence-electron chi connectivity index (χ2n) is 4.74. The predicted molar refractivity (Wildman–Crippen MR) is 99.7 cm³/mol. The second kappa shape index (κ2) is 9.29. The van der Waals surface area contributed by atoms with E-state index < -0.39 is 0 Å². The van der Waals surface area contributed by atoms with Crippen LogP contribution in [0.4, 0.5) is 5.82 Å². The molecule has 2 rings (SSSR count). The van der Waals surface area contributed by atoms with Gasteiger partial charge in [-0.3, -0.25) is 4.99 Å². The Morgan fingerprint density at radius 1 is 1.23 bits per heavy atom. The zero-order valence-electron chi connectivity index (χ0n) is 13.0. The highest BCUT2D eigenvalue weighted by Gasteiger charge is 2.06. The Labute approximate surface area is 148 Å². The van der Waals surface area contributed by atoms with Crippen molar-refractivity contribution >= 4 is 35.8 Å². The van der Waals surface area contributed by atoms with Crippen LogP contribution in [0.5, 0.6) is 0 Å². The smallest absolute Gasteiger partial charge is 0.191 e. The maximum atomic E-state index is 5.28. The van der Waals surface area contributed by atoms with Crippen molar-refractivity contribution in [3.05, 3.63) is 48.0 Å². The minimum atomic E-state index is 0. The molecule has 7 heteroatoms. The summed E-state index contributed by atoms with van der Waals surface area (Å²) in [7, 11) is 5.71. The molecule has 0 saturated heterocycles. The van der Waals surface area contributed by atoms with Crippen LogP contribution in [0.2, 0.25) is 0 Å². The SMILES string of the molecule is CN=C(NCc1ccco1)NCc1cccnc1N(C)C.I. The molecule has 0 bridgehead atoms. The third kappa shape index (κ3) is 5.21. The molecule has 6 nitrogen and oxygen atoms in total. The molecule has 0 aliphatic rings. The molecule has 22 heavy (non-hydrogen) atoms. The number of nitrogens with zero attached hydrogens (tertiary/aromatic N) is 3. The summed E-state index contributed by atoms with van der Waals surface area (Å²) < 4.78 is 5.28. The van der Waals surface area contributed by atoms with Crippen molar-refractivity contribution in [3.63, 3.8) is 0 Å². The molecule has 0 unspecified atom stereocenters. The molecule has 0 aromatic carbocycles. The highest BCUT2D eigenvalue weighted by atomic mass is 127. The molecule has 2 aromatic heterocycles. The van der Waals surface area contributed by atoms with Gasteiger partial charge in [-0.15, -0.1) is 24.0 Å². The van der Waals surface area contributed by atoms with Crippen LogP contribution in [0, 0.1) is 0 Å². The van der Waals surface area contributed by atoms with Crippen LogP contribution in [-0.4, -0.2) is 32.1 Å². The molecule has 120 valence electrons. The lowest BCUT2D eigenvalue weighted by molar-refractivity contribution is 0.501. The fourth-order valence-corrected chi connectivity index (χ4v) is 1.95. The maximum Gasteiger partial charge on any atom is 0.191 e. The molecule has 0 aliphatic carbocycles. The van der Waals surface area contributed by atoms with Gasteiger partial charge in [0.05, 0.1) is 12.8 Å². The van der Waals surface area contributed by atoms with Gasteiger partial charge in [-0.1, -0.05) is 6.07 Å². The Bertz CT molecular complexity index is 583. The summed E-state index contributed by atoms with van der Waals surface area (Å²) in [6, 6.07) is 7.77. The summed E-state index contributed by atoms with van der Waals surface area (Å²) in [6.07, 6.45) is 3.45. The minimum absolute atomic E-state index is 0. The summed E-state index contributed by atoms with van der Waals surface area (Å²) >= 11 is 0. The Morgan fingerprint density at radius 3 is 2.64 bits per heavy atom. The summed E-state index contributed by atoms with van der Waals surface area (Å²) in [5.41, 5.74) is 1.11. The van der Waals surface area contributed by atoms with Crippen LogP contribution in [0.25, 0.3) is 0 Å². The molecule has 0 aliphatic heterocycles. The van der Waals surface area contributed by atoms with Crippen molar-refractivity contribution in [3.8, 4) is 0 Å². The number of halogens is 1. The standard InChI is InChI=1S/C15H21N5O.HI/c1-16-15(19-11-13-7-5-9-21-13)18-10-12-6-4-8-17-14(12)20(2)3;/h4-9H,10-11H2,1-3H3,(H2,16,18,19);1H. The van der Waals surface area contributed by atoms with Gasteiger partial charge in [-0.2, -0.15) is 0 Å². The predicted octanol–water partition coefficient (Wildman–Crippen LogP) is 2.22. The van der Waals surface area contributed by atoms with E-state index in [1.54, 1.807) is 19.5 Å². The number of pyridine rings is 1. The zero-order chi connectivity index (χ0) is 15.1. The number of hydrogen-bond acceptors (Lipinski definition) is 4. The van der Waals surface area contributed by atoms with Crippen molar-refractivity contribution in [2.75, 3.05) is 26.0 Å². The largest absolute Gasteiger partial charge is 0.467 e. The number of furan rings is 1. The van der Waals surface area contributed by atoms with E-state index in [2.05, 4.69) is 26.7 Å². The normalized spacial score (nSPS) is 10.8. The first-order valence-electron chi connectivity index (χ1n) is 6.79. The first-order valence-corrected chi connectivity index (χ1v) is 6.79. The molecule has 2 heterocycles. The number of aromatic nitrogens is 1. The Hall–Kier alpha value is -1.77. The average Bonchev–Trinajstić information content (AvgIpc) is 3.01. The van der Waals surface area contributed by atoms with Crippen molar-refractivity contribution < 1.29 is 4.42 Å². The number of anilines is 1. The Balaban J connectivity index is 0.00000242. The molecular weight excluding hydrogens is 393 g/mol. The topological polar surface area (TPSA) is 65.7 Å². The van der Waals surface area contributed by atoms with Gasteiger partial charge in [0.25, 0.3) is 0 Å². The van der Waals surface area contributed by atoms with Gasteiger partial charge in [-0.25, -0.2) is 4.98 Å². The van der Waals surface area contributed by atoms with Crippen molar-refractivity contribution in [1.29, 1.82) is 0 Å². The Morgan fingerprint density at radius 2 is 2.00 bits per heavy atom. The molecular formula is C15H22IN5O. The molecule has 2 aromatic rings. The lowest BCUT2D eigenvalue weighted by atomic mass is 10.2. The monoisotopic (exact) mass is 415 g/mol. The number of nitrogens with one attached hydrogen (secondary N) is 2. The third-order valence-electron chi connectivity index (χ3n) is 2.97. The Kier molecular flexibility index (Phi) is 7.72. The van der Waals surface area contributed by atoms with Crippen LogP contribution in [0.15, 0.2) is 46.1 Å². The second-order valence-corrected chi connectivity index (χ2v) is 4.74. The van der Waals surface area contributed by atoms with Gasteiger partial charge in [0, 0.05) is 39.4 Å². The van der Waals surface area contributed by atoms with Crippen molar-refractivity contribution in [1.82, 2.24) is 15.6 Å². The zero-order valence-corrected chi connectivity index (χ0v) is 15.4. The van der Waals surface area contributed by atoms with Gasteiger partial charge in [0.2, 0.25) is 0 Å². The van der Waals surface area contributed by atoms with Gasteiger partial charge < -0.3 is 20.0 Å². The van der Waals surface area contributed by atoms with E-state index in [1.165, 1.54) is 0 Å². The highest BCUT2D eigenvalue weighted by molar-refractivity contribution is 14.0. The molecule has 0 radical (unpaired) electrons. The lowest BCUT2D eigenvalue weighted by Crippen LogP contribution is -2.36. The van der Waals surface area contributed by atoms with Gasteiger partial charge in [0.15, 0.2) is 5.96 Å². The lowest BCUT2D eigenvalue weighted by Gasteiger charge is -2.17.